The lowest BCUT2D eigenvalue weighted by Crippen LogP contribution is -2.45. The molecule has 2 N–H and O–H groups in total. The third-order valence-electron chi connectivity index (χ3n) is 4.13. The van der Waals surface area contributed by atoms with Crippen molar-refractivity contribution in [1.29, 1.82) is 0 Å². The van der Waals surface area contributed by atoms with Crippen LogP contribution in [0.3, 0.4) is 0 Å². The molecule has 0 aromatic heterocycles. The minimum Gasteiger partial charge on any atom is -0.454 e. The average molecular weight is 362 g/mol. The van der Waals surface area contributed by atoms with Gasteiger partial charge in [-0.15, -0.1) is 0 Å². The van der Waals surface area contributed by atoms with Crippen molar-refractivity contribution in [3.63, 3.8) is 0 Å². The fraction of sp³-hybridized carbons (Fsp3) is 0.550. The Balaban J connectivity index is 2.43. The second kappa shape index (κ2) is 8.83. The Bertz CT molecular complexity index is 643. The number of nitrogens with one attached hydrogen (secondary N) is 2. The molecule has 0 saturated heterocycles. The summed E-state index contributed by atoms with van der Waals surface area (Å²) in [6.07, 6.45) is 0.761. The molecule has 2 amide bonds. The molecule has 0 spiro atoms. The summed E-state index contributed by atoms with van der Waals surface area (Å²) >= 11 is 0. The van der Waals surface area contributed by atoms with Crippen LogP contribution in [0.25, 0.3) is 0 Å². The van der Waals surface area contributed by atoms with Crippen LogP contribution in [0, 0.1) is 0 Å². The zero-order valence-electron chi connectivity index (χ0n) is 16.6. The summed E-state index contributed by atoms with van der Waals surface area (Å²) in [7, 11) is 0. The van der Waals surface area contributed by atoms with Gasteiger partial charge in [-0.3, -0.25) is 14.4 Å². The summed E-state index contributed by atoms with van der Waals surface area (Å²) in [5.41, 5.74) is 1.24. The first-order valence-corrected chi connectivity index (χ1v) is 8.80. The summed E-state index contributed by atoms with van der Waals surface area (Å²) < 4.78 is 4.88. The summed E-state index contributed by atoms with van der Waals surface area (Å²) in [4.78, 5) is 35.5. The van der Waals surface area contributed by atoms with Gasteiger partial charge in [0.15, 0.2) is 6.61 Å². The number of hydrogen-bond donors (Lipinski definition) is 2. The summed E-state index contributed by atoms with van der Waals surface area (Å²) in [6.45, 7) is 11.4. The molecule has 1 aromatic rings. The predicted molar refractivity (Wildman–Crippen MR) is 101 cm³/mol. The smallest absolute Gasteiger partial charge is 0.325 e. The van der Waals surface area contributed by atoms with Gasteiger partial charge in [-0.2, -0.15) is 0 Å². The molecule has 0 fully saturated rings. The molecule has 0 aliphatic heterocycles. The fourth-order valence-corrected chi connectivity index (χ4v) is 2.08. The fourth-order valence-electron chi connectivity index (χ4n) is 2.08. The zero-order valence-corrected chi connectivity index (χ0v) is 16.6. The Labute approximate surface area is 155 Å². The molecular formula is C20H30N2O4. The molecule has 0 saturated carbocycles. The molecule has 26 heavy (non-hydrogen) atoms. The van der Waals surface area contributed by atoms with Crippen molar-refractivity contribution in [2.75, 3.05) is 13.2 Å². The second-order valence-electron chi connectivity index (χ2n) is 7.96. The van der Waals surface area contributed by atoms with E-state index >= 15 is 0 Å². The van der Waals surface area contributed by atoms with E-state index < -0.39 is 5.97 Å². The minimum atomic E-state index is -0.658. The molecule has 6 heteroatoms. The van der Waals surface area contributed by atoms with Gasteiger partial charge in [0, 0.05) is 11.1 Å². The Kier molecular flexibility index (Phi) is 7.36. The van der Waals surface area contributed by atoms with E-state index in [1.54, 1.807) is 12.1 Å². The molecule has 0 atom stereocenters. The second-order valence-corrected chi connectivity index (χ2v) is 7.96. The van der Waals surface area contributed by atoms with Crippen molar-refractivity contribution in [1.82, 2.24) is 10.6 Å². The van der Waals surface area contributed by atoms with Crippen LogP contribution in [0.2, 0.25) is 0 Å². The number of hydrogen-bond acceptors (Lipinski definition) is 4. The maximum atomic E-state index is 12.1. The summed E-state index contributed by atoms with van der Waals surface area (Å²) in [6, 6.07) is 7.24. The van der Waals surface area contributed by atoms with Crippen LogP contribution >= 0.6 is 0 Å². The number of esters is 1. The Hall–Kier alpha value is -2.37. The predicted octanol–water partition coefficient (Wildman–Crippen LogP) is 2.56. The first-order valence-electron chi connectivity index (χ1n) is 8.80. The number of benzene rings is 1. The monoisotopic (exact) mass is 362 g/mol. The lowest BCUT2D eigenvalue weighted by molar-refractivity contribution is -0.148. The summed E-state index contributed by atoms with van der Waals surface area (Å²) in [5.74, 6) is -1.39. The summed E-state index contributed by atoms with van der Waals surface area (Å²) in [5, 5.41) is 5.26. The topological polar surface area (TPSA) is 84.5 Å². The molecule has 6 nitrogen and oxygen atoms in total. The van der Waals surface area contributed by atoms with Gasteiger partial charge in [0.1, 0.15) is 6.54 Å². The molecule has 144 valence electrons. The Morgan fingerprint density at radius 3 is 2.08 bits per heavy atom. The number of ether oxygens (including phenoxy) is 1. The van der Waals surface area contributed by atoms with Gasteiger partial charge in [-0.1, -0.05) is 39.8 Å². The van der Waals surface area contributed by atoms with Crippen LogP contribution in [-0.4, -0.2) is 36.5 Å². The molecule has 0 heterocycles. The number of carbonyl (C=O) groups is 3. The van der Waals surface area contributed by atoms with E-state index in [1.807, 2.05) is 32.9 Å². The molecule has 1 aromatic carbocycles. The molecule has 0 unspecified atom stereocenters. The Morgan fingerprint density at radius 1 is 1.00 bits per heavy atom. The van der Waals surface area contributed by atoms with Gasteiger partial charge >= 0.3 is 5.97 Å². The van der Waals surface area contributed by atoms with Crippen molar-refractivity contribution in [2.24, 2.45) is 0 Å². The average Bonchev–Trinajstić information content (AvgIpc) is 2.56. The highest BCUT2D eigenvalue weighted by Crippen LogP contribution is 2.22. The molecular weight excluding hydrogens is 332 g/mol. The van der Waals surface area contributed by atoms with E-state index in [1.165, 1.54) is 0 Å². The minimum absolute atomic E-state index is 0.00568. The lowest BCUT2D eigenvalue weighted by atomic mass is 9.87. The van der Waals surface area contributed by atoms with E-state index in [4.69, 9.17) is 4.74 Å². The maximum absolute atomic E-state index is 12.1. The highest BCUT2D eigenvalue weighted by molar-refractivity contribution is 5.96. The number of carbonyl (C=O) groups excluding carboxylic acids is 3. The van der Waals surface area contributed by atoms with Crippen molar-refractivity contribution >= 4 is 17.8 Å². The third-order valence-corrected chi connectivity index (χ3v) is 4.13. The van der Waals surface area contributed by atoms with Gasteiger partial charge in [0.05, 0.1) is 0 Å². The third kappa shape index (κ3) is 7.25. The van der Waals surface area contributed by atoms with Crippen LogP contribution in [0.4, 0.5) is 0 Å². The standard InChI is InChI=1S/C20H30N2O4/c1-7-20(5,6)22-16(23)13-26-17(24)12-21-18(25)14-8-10-15(11-9-14)19(2,3)4/h8-11H,7,12-13H2,1-6H3,(H,21,25)(H,22,23). The largest absolute Gasteiger partial charge is 0.454 e. The van der Waals surface area contributed by atoms with Gasteiger partial charge in [0.2, 0.25) is 0 Å². The highest BCUT2D eigenvalue weighted by atomic mass is 16.5. The number of amides is 2. The van der Waals surface area contributed by atoms with Crippen LogP contribution in [0.5, 0.6) is 0 Å². The van der Waals surface area contributed by atoms with E-state index in [2.05, 4.69) is 31.4 Å². The lowest BCUT2D eigenvalue weighted by Gasteiger charge is -2.24. The van der Waals surface area contributed by atoms with Crippen LogP contribution in [-0.2, 0) is 19.7 Å². The van der Waals surface area contributed by atoms with Crippen LogP contribution in [0.1, 0.15) is 63.9 Å². The molecule has 0 radical (unpaired) electrons. The molecule has 0 bridgehead atoms. The van der Waals surface area contributed by atoms with Gasteiger partial charge in [-0.25, -0.2) is 0 Å². The van der Waals surface area contributed by atoms with Crippen LogP contribution in [0.15, 0.2) is 24.3 Å². The van der Waals surface area contributed by atoms with Gasteiger partial charge in [-0.05, 0) is 43.4 Å². The first-order chi connectivity index (χ1) is 11.9. The van der Waals surface area contributed by atoms with E-state index in [-0.39, 0.29) is 35.9 Å². The zero-order chi connectivity index (χ0) is 20.0. The number of rotatable bonds is 7. The van der Waals surface area contributed by atoms with Gasteiger partial charge in [0.25, 0.3) is 11.8 Å². The van der Waals surface area contributed by atoms with E-state index in [9.17, 15) is 14.4 Å². The molecule has 1 rings (SSSR count). The molecule has 0 aliphatic rings. The van der Waals surface area contributed by atoms with Crippen molar-refractivity contribution < 1.29 is 19.1 Å². The van der Waals surface area contributed by atoms with E-state index in [0.29, 0.717) is 5.56 Å². The van der Waals surface area contributed by atoms with Crippen LogP contribution < -0.4 is 10.6 Å². The Morgan fingerprint density at radius 2 is 1.58 bits per heavy atom. The highest BCUT2D eigenvalue weighted by Gasteiger charge is 2.19. The quantitative estimate of drug-likeness (QED) is 0.730. The maximum Gasteiger partial charge on any atom is 0.325 e. The van der Waals surface area contributed by atoms with E-state index in [0.717, 1.165) is 12.0 Å². The first kappa shape index (κ1) is 21.7. The SMILES string of the molecule is CCC(C)(C)NC(=O)COC(=O)CNC(=O)c1ccc(C(C)(C)C)cc1. The molecule has 0 aliphatic carbocycles. The normalized spacial score (nSPS) is 11.6. The van der Waals surface area contributed by atoms with Crippen molar-refractivity contribution in [3.05, 3.63) is 35.4 Å². The van der Waals surface area contributed by atoms with Crippen molar-refractivity contribution in [3.8, 4) is 0 Å². The van der Waals surface area contributed by atoms with Crippen molar-refractivity contribution in [2.45, 2.75) is 58.9 Å². The van der Waals surface area contributed by atoms with Gasteiger partial charge < -0.3 is 15.4 Å².